The number of aliphatic hydroxyl groups excluding tert-OH is 1. The fourth-order valence-corrected chi connectivity index (χ4v) is 0. The van der Waals surface area contributed by atoms with E-state index >= 15 is 0 Å². The zero-order valence-corrected chi connectivity index (χ0v) is 14.7. The molecule has 0 fully saturated rings. The molecule has 0 atom stereocenters. The van der Waals surface area contributed by atoms with Gasteiger partial charge in [0.1, 0.15) is 0 Å². The number of aliphatic hydroxyl groups is 1. The average molecular weight is 406 g/mol. The predicted molar refractivity (Wildman–Crippen MR) is 59.3 cm³/mol. The molecular formula is C2H8Al2O14S3. The second-order valence-corrected chi connectivity index (χ2v) is 3.99. The van der Waals surface area contributed by atoms with E-state index < -0.39 is 31.2 Å². The third-order valence-electron chi connectivity index (χ3n) is 0. The first-order valence-electron chi connectivity index (χ1n) is 3.02. The van der Waals surface area contributed by atoms with Crippen LogP contribution in [0.25, 0.3) is 0 Å². The third kappa shape index (κ3) is 20100. The summed E-state index contributed by atoms with van der Waals surface area (Å²) in [5.74, 6) is 0. The minimum Gasteiger partial charge on any atom is -0.759 e. The smallest absolute Gasteiger partial charge is 0.759 e. The Labute approximate surface area is 142 Å². The quantitative estimate of drug-likeness (QED) is 0.223. The molecule has 0 amide bonds. The van der Waals surface area contributed by atoms with Crippen LogP contribution in [0.5, 0.6) is 0 Å². The summed E-state index contributed by atoms with van der Waals surface area (Å²) >= 11 is 0. The summed E-state index contributed by atoms with van der Waals surface area (Å²) in [5, 5.41) is 7.57. The van der Waals surface area contributed by atoms with Crippen LogP contribution in [-0.2, 0) is 31.2 Å². The van der Waals surface area contributed by atoms with Crippen LogP contribution in [0.3, 0.4) is 0 Å². The number of rotatable bonds is 0. The van der Waals surface area contributed by atoms with Crippen molar-refractivity contribution in [1.82, 2.24) is 0 Å². The Bertz CT molecular complexity index is 365. The topological polar surface area (TPSA) is 293 Å². The summed E-state index contributed by atoms with van der Waals surface area (Å²) in [6.07, 6.45) is 0. The molecule has 14 nitrogen and oxygen atoms in total. The summed E-state index contributed by atoms with van der Waals surface area (Å²) in [6.45, 7) is 1.93. The van der Waals surface area contributed by atoms with Crippen molar-refractivity contribution in [3.05, 3.63) is 0 Å². The Morgan fingerprint density at radius 2 is 0.667 bits per heavy atom. The molecule has 0 spiro atoms. The van der Waals surface area contributed by atoms with E-state index in [1.807, 2.05) is 0 Å². The van der Waals surface area contributed by atoms with E-state index in [1.54, 1.807) is 6.92 Å². The molecule has 3 N–H and O–H groups in total. The zero-order chi connectivity index (χ0) is 16.2. The summed E-state index contributed by atoms with van der Waals surface area (Å²) < 4.78 is 102. The van der Waals surface area contributed by atoms with Gasteiger partial charge in [0.05, 0.1) is 0 Å². The van der Waals surface area contributed by atoms with Gasteiger partial charge in [-0.05, 0) is 6.92 Å². The van der Waals surface area contributed by atoms with E-state index in [2.05, 4.69) is 0 Å². The largest absolute Gasteiger partial charge is 3.00 e. The van der Waals surface area contributed by atoms with Crippen molar-refractivity contribution in [1.29, 1.82) is 0 Å². The molecule has 0 heterocycles. The fraction of sp³-hybridized carbons (Fsp3) is 1.00. The second-order valence-electron chi connectivity index (χ2n) is 1.54. The molecule has 0 saturated heterocycles. The molecule has 124 valence electrons. The molecule has 0 bridgehead atoms. The van der Waals surface area contributed by atoms with Gasteiger partial charge in [-0.25, -0.2) is 0 Å². The Kier molecular flexibility index (Phi) is 42.2. The van der Waals surface area contributed by atoms with Crippen LogP contribution in [0, 0.1) is 0 Å². The summed E-state index contributed by atoms with van der Waals surface area (Å²) in [5.41, 5.74) is 0. The van der Waals surface area contributed by atoms with Gasteiger partial charge in [0.2, 0.25) is 0 Å². The van der Waals surface area contributed by atoms with E-state index in [9.17, 15) is 0 Å². The third-order valence-corrected chi connectivity index (χ3v) is 0. The number of hydrogen-bond donors (Lipinski definition) is 1. The van der Waals surface area contributed by atoms with Crippen LogP contribution >= 0.6 is 0 Å². The Balaban J connectivity index is -0.0000000241. The molecule has 0 aliphatic heterocycles. The maximum absolute atomic E-state index is 8.52. The van der Waals surface area contributed by atoms with E-state index in [0.717, 1.165) is 0 Å². The van der Waals surface area contributed by atoms with Gasteiger partial charge in [0.25, 0.3) is 0 Å². The first-order chi connectivity index (χ1) is 7.41. The molecule has 0 radical (unpaired) electrons. The van der Waals surface area contributed by atoms with Gasteiger partial charge in [-0.2, -0.15) is 0 Å². The van der Waals surface area contributed by atoms with Crippen molar-refractivity contribution in [2.45, 2.75) is 6.92 Å². The monoisotopic (exact) mass is 406 g/mol. The van der Waals surface area contributed by atoms with Crippen molar-refractivity contribution in [3.63, 3.8) is 0 Å². The molecule has 19 heteroatoms. The van der Waals surface area contributed by atoms with E-state index in [-0.39, 0.29) is 46.8 Å². The molecule has 0 rings (SSSR count). The van der Waals surface area contributed by atoms with Gasteiger partial charge in [-0.15, -0.1) is 0 Å². The maximum atomic E-state index is 8.52. The van der Waals surface area contributed by atoms with Crippen molar-refractivity contribution < 1.29 is 63.2 Å². The standard InChI is InChI=1S/C2H6O.2Al.3H2O4S.H2O/c1-2-3;;;3*1-5(2,3)4;/h3H,2H2,1H3;;;3*(H2,1,2,3,4);1H2/q;2*+3;;;;/p-6. The van der Waals surface area contributed by atoms with Crippen molar-refractivity contribution in [3.8, 4) is 0 Å². The first kappa shape index (κ1) is 43.0. The van der Waals surface area contributed by atoms with E-state index in [4.69, 9.17) is 57.7 Å². The molecule has 0 aromatic rings. The molecular weight excluding hydrogens is 398 g/mol. The van der Waals surface area contributed by atoms with Gasteiger partial charge >= 0.3 is 34.7 Å². The normalized spacial score (nSPS) is 9.14. The zero-order valence-electron chi connectivity index (χ0n) is 9.93. The Morgan fingerprint density at radius 1 is 0.667 bits per heavy atom. The van der Waals surface area contributed by atoms with Gasteiger partial charge in [-0.1, -0.05) is 0 Å². The van der Waals surface area contributed by atoms with Gasteiger partial charge in [0, 0.05) is 37.8 Å². The van der Waals surface area contributed by atoms with Crippen LogP contribution in [0.15, 0.2) is 0 Å². The van der Waals surface area contributed by atoms with Gasteiger partial charge < -0.3 is 37.9 Å². The van der Waals surface area contributed by atoms with Crippen LogP contribution in [0.1, 0.15) is 6.92 Å². The SMILES string of the molecule is CCO.O.O=S(=O)([O-])[O-].O=S(=O)([O-])[O-].O=S(=O)([O-])[O-].[Al+3].[Al+3]. The summed E-state index contributed by atoms with van der Waals surface area (Å²) in [6, 6.07) is 0. The van der Waals surface area contributed by atoms with Crippen molar-refractivity contribution in [2.24, 2.45) is 0 Å². The predicted octanol–water partition coefficient (Wildman–Crippen LogP) is -5.60. The second kappa shape index (κ2) is 20.6. The number of hydrogen-bond acceptors (Lipinski definition) is 13. The molecule has 0 unspecified atom stereocenters. The molecule has 0 saturated carbocycles. The molecule has 0 aromatic heterocycles. The van der Waals surface area contributed by atoms with E-state index in [0.29, 0.717) is 0 Å². The maximum Gasteiger partial charge on any atom is 3.00 e. The molecule has 0 aliphatic carbocycles. The average Bonchev–Trinajstić information content (AvgIpc) is 1.71. The van der Waals surface area contributed by atoms with Crippen LogP contribution < -0.4 is 0 Å². The van der Waals surface area contributed by atoms with Crippen LogP contribution in [0.4, 0.5) is 0 Å². The summed E-state index contributed by atoms with van der Waals surface area (Å²) in [4.78, 5) is 0. The molecule has 0 aliphatic rings. The minimum absolute atomic E-state index is 0. The molecule has 21 heavy (non-hydrogen) atoms. The first-order valence-corrected chi connectivity index (χ1v) is 7.02. The summed E-state index contributed by atoms with van der Waals surface area (Å²) in [7, 11) is -15.5. The Morgan fingerprint density at radius 3 is 0.667 bits per heavy atom. The fourth-order valence-electron chi connectivity index (χ4n) is 0. The van der Waals surface area contributed by atoms with Gasteiger partial charge in [0.15, 0.2) is 0 Å². The van der Waals surface area contributed by atoms with Gasteiger partial charge in [-0.3, -0.25) is 25.3 Å². The van der Waals surface area contributed by atoms with Crippen LogP contribution in [0.2, 0.25) is 0 Å². The van der Waals surface area contributed by atoms with E-state index in [1.165, 1.54) is 0 Å². The van der Waals surface area contributed by atoms with Crippen molar-refractivity contribution in [2.75, 3.05) is 6.61 Å². The van der Waals surface area contributed by atoms with Crippen LogP contribution in [-0.4, -0.2) is 104 Å². The minimum atomic E-state index is -5.17. The Hall–Kier alpha value is 0.595. The van der Waals surface area contributed by atoms with Crippen molar-refractivity contribution >= 4 is 65.9 Å². The molecule has 0 aromatic carbocycles.